The molecule has 3 heterocycles. The molecule has 0 aliphatic carbocycles. The van der Waals surface area contributed by atoms with E-state index in [1.165, 1.54) is 12.8 Å². The van der Waals surface area contributed by atoms with Gasteiger partial charge in [-0.2, -0.15) is 0 Å². The lowest BCUT2D eigenvalue weighted by Gasteiger charge is -2.39. The number of piperidine rings is 1. The van der Waals surface area contributed by atoms with Gasteiger partial charge in [-0.25, -0.2) is 4.98 Å². The van der Waals surface area contributed by atoms with Crippen LogP contribution in [0.4, 0.5) is 0 Å². The summed E-state index contributed by atoms with van der Waals surface area (Å²) in [7, 11) is 0. The van der Waals surface area contributed by atoms with Crippen molar-refractivity contribution in [3.63, 3.8) is 0 Å². The van der Waals surface area contributed by atoms with Crippen LogP contribution in [0.15, 0.2) is 10.8 Å². The summed E-state index contributed by atoms with van der Waals surface area (Å²) in [6, 6.07) is -0.117. The quantitative estimate of drug-likeness (QED) is 0.822. The van der Waals surface area contributed by atoms with Gasteiger partial charge in [0.15, 0.2) is 12.1 Å². The van der Waals surface area contributed by atoms with Crippen LogP contribution in [0, 0.1) is 0 Å². The number of nitrogens with zero attached hydrogens (tertiary/aromatic N) is 4. The number of carbonyl (C=O) groups excluding carboxylic acids is 2. The molecule has 0 aromatic carbocycles. The maximum Gasteiger partial charge on any atom is 0.276 e. The molecule has 2 aliphatic rings. The maximum absolute atomic E-state index is 12.7. The molecule has 138 valence electrons. The lowest BCUT2D eigenvalue weighted by Crippen LogP contribution is -2.56. The Hall–Kier alpha value is -1.89. The number of carbonyl (C=O) groups is 2. The minimum Gasteiger partial charge on any atom is -0.448 e. The topological polar surface area (TPSA) is 69.9 Å². The smallest absolute Gasteiger partial charge is 0.276 e. The highest BCUT2D eigenvalue weighted by Crippen LogP contribution is 2.16. The Kier molecular flexibility index (Phi) is 5.73. The Morgan fingerprint density at radius 3 is 2.40 bits per heavy atom. The molecule has 0 bridgehead atoms. The maximum atomic E-state index is 12.7. The van der Waals surface area contributed by atoms with Gasteiger partial charge in [0.25, 0.3) is 5.91 Å². The van der Waals surface area contributed by atoms with E-state index in [4.69, 9.17) is 4.42 Å². The van der Waals surface area contributed by atoms with Crippen LogP contribution in [0.2, 0.25) is 0 Å². The second-order valence-electron chi connectivity index (χ2n) is 6.87. The van der Waals surface area contributed by atoms with Crippen molar-refractivity contribution in [1.82, 2.24) is 19.7 Å². The standard InChI is InChI=1S/C18H28N4O3/c1-3-15-16(19-13-25-15)18(24)22-11-9-20(10-12-22)14(2)17(23)21-7-5-4-6-8-21/h13-14H,3-12H2,1-2H3/t14-/m0/s1. The number of aryl methyl sites for hydroxylation is 1. The Labute approximate surface area is 149 Å². The highest BCUT2D eigenvalue weighted by Gasteiger charge is 2.31. The monoisotopic (exact) mass is 348 g/mol. The third kappa shape index (κ3) is 3.86. The van der Waals surface area contributed by atoms with E-state index < -0.39 is 0 Å². The lowest BCUT2D eigenvalue weighted by molar-refractivity contribution is -0.137. The summed E-state index contributed by atoms with van der Waals surface area (Å²) in [6.07, 6.45) is 5.43. The summed E-state index contributed by atoms with van der Waals surface area (Å²) in [5, 5.41) is 0. The summed E-state index contributed by atoms with van der Waals surface area (Å²) >= 11 is 0. The molecule has 2 aliphatic heterocycles. The van der Waals surface area contributed by atoms with Crippen LogP contribution in [0.1, 0.15) is 49.4 Å². The van der Waals surface area contributed by atoms with Gasteiger partial charge in [0.05, 0.1) is 6.04 Å². The van der Waals surface area contributed by atoms with Gasteiger partial charge >= 0.3 is 0 Å². The molecule has 1 aromatic heterocycles. The number of amides is 2. The predicted molar refractivity (Wildman–Crippen MR) is 93.3 cm³/mol. The van der Waals surface area contributed by atoms with Gasteiger partial charge in [-0.15, -0.1) is 0 Å². The van der Waals surface area contributed by atoms with E-state index in [0.29, 0.717) is 44.1 Å². The molecule has 25 heavy (non-hydrogen) atoms. The molecule has 0 unspecified atom stereocenters. The fourth-order valence-corrected chi connectivity index (χ4v) is 3.69. The number of aromatic nitrogens is 1. The number of piperazine rings is 1. The first-order valence-corrected chi connectivity index (χ1v) is 9.36. The SMILES string of the molecule is CCc1ocnc1C(=O)N1CCN([C@@H](C)C(=O)N2CCCCC2)CC1. The van der Waals surface area contributed by atoms with Gasteiger partial charge in [0.1, 0.15) is 5.76 Å². The van der Waals surface area contributed by atoms with Crippen LogP contribution < -0.4 is 0 Å². The number of oxazole rings is 1. The number of hydrogen-bond acceptors (Lipinski definition) is 5. The van der Waals surface area contributed by atoms with Crippen LogP contribution >= 0.6 is 0 Å². The molecule has 2 fully saturated rings. The molecule has 2 amide bonds. The second-order valence-corrected chi connectivity index (χ2v) is 6.87. The Balaban J connectivity index is 1.54. The van der Waals surface area contributed by atoms with Crippen LogP contribution in [-0.2, 0) is 11.2 Å². The number of hydrogen-bond donors (Lipinski definition) is 0. The van der Waals surface area contributed by atoms with Gasteiger partial charge < -0.3 is 14.2 Å². The zero-order valence-corrected chi connectivity index (χ0v) is 15.2. The Morgan fingerprint density at radius 1 is 1.08 bits per heavy atom. The zero-order chi connectivity index (χ0) is 17.8. The van der Waals surface area contributed by atoms with Crippen LogP contribution in [0.25, 0.3) is 0 Å². The molecular formula is C18H28N4O3. The third-order valence-corrected chi connectivity index (χ3v) is 5.34. The van der Waals surface area contributed by atoms with Crippen molar-refractivity contribution in [1.29, 1.82) is 0 Å². The van der Waals surface area contributed by atoms with Crippen LogP contribution in [0.5, 0.6) is 0 Å². The fraction of sp³-hybridized carbons (Fsp3) is 0.722. The van der Waals surface area contributed by atoms with Gasteiger partial charge in [-0.3, -0.25) is 14.5 Å². The van der Waals surface area contributed by atoms with Gasteiger partial charge in [-0.1, -0.05) is 6.92 Å². The molecule has 3 rings (SSSR count). The van der Waals surface area contributed by atoms with Crippen molar-refractivity contribution in [3.8, 4) is 0 Å². The average molecular weight is 348 g/mol. The highest BCUT2D eigenvalue weighted by molar-refractivity contribution is 5.93. The molecular weight excluding hydrogens is 320 g/mol. The molecule has 0 N–H and O–H groups in total. The molecule has 2 saturated heterocycles. The molecule has 7 nitrogen and oxygen atoms in total. The summed E-state index contributed by atoms with van der Waals surface area (Å²) in [5.41, 5.74) is 0.424. The van der Waals surface area contributed by atoms with Crippen LogP contribution in [-0.4, -0.2) is 76.8 Å². The predicted octanol–water partition coefficient (Wildman–Crippen LogP) is 1.40. The molecule has 7 heteroatoms. The molecule has 1 atom stereocenters. The minimum atomic E-state index is -0.117. The molecule has 0 saturated carbocycles. The van der Waals surface area contributed by atoms with E-state index >= 15 is 0 Å². The van der Waals surface area contributed by atoms with E-state index in [2.05, 4.69) is 9.88 Å². The fourth-order valence-electron chi connectivity index (χ4n) is 3.69. The number of likely N-dealkylation sites (tertiary alicyclic amines) is 1. The Bertz CT molecular complexity index is 601. The minimum absolute atomic E-state index is 0.0692. The lowest BCUT2D eigenvalue weighted by atomic mass is 10.1. The molecule has 0 spiro atoms. The van der Waals surface area contributed by atoms with Crippen molar-refractivity contribution in [3.05, 3.63) is 17.8 Å². The second kappa shape index (κ2) is 7.99. The van der Waals surface area contributed by atoms with Crippen molar-refractivity contribution in [2.24, 2.45) is 0 Å². The van der Waals surface area contributed by atoms with E-state index in [1.54, 1.807) is 0 Å². The first kappa shape index (κ1) is 17.9. The van der Waals surface area contributed by atoms with Gasteiger partial charge in [-0.05, 0) is 26.2 Å². The van der Waals surface area contributed by atoms with Gasteiger partial charge in [0.2, 0.25) is 5.91 Å². The molecule has 1 aromatic rings. The van der Waals surface area contributed by atoms with E-state index in [1.807, 2.05) is 23.6 Å². The summed E-state index contributed by atoms with van der Waals surface area (Å²) in [5.74, 6) is 0.797. The first-order valence-electron chi connectivity index (χ1n) is 9.36. The molecule has 0 radical (unpaired) electrons. The normalized spacial score (nSPS) is 20.6. The van der Waals surface area contributed by atoms with Crippen molar-refractivity contribution in [2.75, 3.05) is 39.3 Å². The Morgan fingerprint density at radius 2 is 1.76 bits per heavy atom. The van der Waals surface area contributed by atoms with E-state index in [-0.39, 0.29) is 17.9 Å². The van der Waals surface area contributed by atoms with Gasteiger partial charge in [0, 0.05) is 45.7 Å². The highest BCUT2D eigenvalue weighted by atomic mass is 16.3. The summed E-state index contributed by atoms with van der Waals surface area (Å²) in [4.78, 5) is 35.3. The third-order valence-electron chi connectivity index (χ3n) is 5.34. The summed E-state index contributed by atoms with van der Waals surface area (Å²) in [6.45, 7) is 8.36. The first-order chi connectivity index (χ1) is 12.1. The van der Waals surface area contributed by atoms with Crippen molar-refractivity contribution < 1.29 is 14.0 Å². The van der Waals surface area contributed by atoms with Crippen molar-refractivity contribution in [2.45, 2.75) is 45.6 Å². The van der Waals surface area contributed by atoms with E-state index in [0.717, 1.165) is 25.9 Å². The number of rotatable bonds is 4. The van der Waals surface area contributed by atoms with Crippen LogP contribution in [0.3, 0.4) is 0 Å². The largest absolute Gasteiger partial charge is 0.448 e. The average Bonchev–Trinajstić information content (AvgIpc) is 3.16. The zero-order valence-electron chi connectivity index (χ0n) is 15.2. The van der Waals surface area contributed by atoms with E-state index in [9.17, 15) is 9.59 Å². The van der Waals surface area contributed by atoms with Crippen molar-refractivity contribution >= 4 is 11.8 Å². The summed E-state index contributed by atoms with van der Waals surface area (Å²) < 4.78 is 5.26.